The first-order chi connectivity index (χ1) is 15.5. The zero-order valence-corrected chi connectivity index (χ0v) is 19.4. The Morgan fingerprint density at radius 3 is 2.25 bits per heavy atom. The van der Waals surface area contributed by atoms with Crippen molar-refractivity contribution in [3.63, 3.8) is 0 Å². The summed E-state index contributed by atoms with van der Waals surface area (Å²) >= 11 is 0. The van der Waals surface area contributed by atoms with E-state index in [-0.39, 0.29) is 29.3 Å². The lowest BCUT2D eigenvalue weighted by Gasteiger charge is -2.46. The van der Waals surface area contributed by atoms with Gasteiger partial charge in [0.25, 0.3) is 0 Å². The summed E-state index contributed by atoms with van der Waals surface area (Å²) in [5.74, 6) is 0.829. The van der Waals surface area contributed by atoms with Crippen molar-refractivity contribution in [1.82, 2.24) is 0 Å². The number of quaternary nitrogens is 1. The van der Waals surface area contributed by atoms with Gasteiger partial charge >= 0.3 is 5.97 Å². The van der Waals surface area contributed by atoms with Crippen LogP contribution in [-0.2, 0) is 22.6 Å². The number of hydrogen-bond acceptors (Lipinski definition) is 2. The van der Waals surface area contributed by atoms with Crippen LogP contribution in [0.4, 0.5) is 0 Å². The van der Waals surface area contributed by atoms with E-state index >= 15 is 0 Å². The average Bonchev–Trinajstić information content (AvgIpc) is 3.07. The first-order valence-electron chi connectivity index (χ1n) is 12.4. The molecular formula is C29H36NO2+. The smallest absolute Gasteiger partial charge is 0.315 e. The van der Waals surface area contributed by atoms with Crippen molar-refractivity contribution in [1.29, 1.82) is 0 Å². The van der Waals surface area contributed by atoms with Crippen LogP contribution in [0, 0.1) is 23.2 Å². The van der Waals surface area contributed by atoms with Crippen LogP contribution in [0.15, 0.2) is 72.3 Å². The number of rotatable bonds is 6. The van der Waals surface area contributed by atoms with Crippen molar-refractivity contribution in [3.8, 4) is 0 Å². The molecule has 2 fully saturated rings. The normalized spacial score (nSPS) is 31.6. The van der Waals surface area contributed by atoms with Gasteiger partial charge in [0.2, 0.25) is 0 Å². The topological polar surface area (TPSA) is 30.7 Å². The number of allylic oxidation sites excluding steroid dienone is 1. The lowest BCUT2D eigenvalue weighted by molar-refractivity contribution is -0.930. The summed E-state index contributed by atoms with van der Waals surface area (Å²) in [5, 5.41) is 0. The van der Waals surface area contributed by atoms with Crippen LogP contribution in [0.1, 0.15) is 50.7 Å². The molecule has 0 aromatic heterocycles. The Labute approximate surface area is 192 Å². The van der Waals surface area contributed by atoms with Crippen molar-refractivity contribution in [2.45, 2.75) is 58.7 Å². The van der Waals surface area contributed by atoms with Crippen LogP contribution in [0.5, 0.6) is 0 Å². The number of benzene rings is 2. The molecule has 5 rings (SSSR count). The van der Waals surface area contributed by atoms with Gasteiger partial charge in [0.05, 0.1) is 6.54 Å². The van der Waals surface area contributed by atoms with Crippen molar-refractivity contribution >= 4 is 5.97 Å². The highest BCUT2D eigenvalue weighted by molar-refractivity contribution is 5.76. The lowest BCUT2D eigenvalue weighted by atomic mass is 9.59. The number of hydrogen-bond donors (Lipinski definition) is 1. The molecule has 0 unspecified atom stereocenters. The van der Waals surface area contributed by atoms with Crippen LogP contribution < -0.4 is 4.90 Å². The third kappa shape index (κ3) is 4.28. The minimum absolute atomic E-state index is 0.0189. The zero-order chi connectivity index (χ0) is 22.1. The molecule has 1 saturated carbocycles. The summed E-state index contributed by atoms with van der Waals surface area (Å²) in [7, 11) is 0. The molecule has 5 atom stereocenters. The molecule has 0 spiro atoms. The second kappa shape index (κ2) is 8.86. The van der Waals surface area contributed by atoms with E-state index in [2.05, 4.69) is 80.6 Å². The van der Waals surface area contributed by atoms with Gasteiger partial charge in [-0.3, -0.25) is 4.79 Å². The Morgan fingerprint density at radius 1 is 1.00 bits per heavy atom. The lowest BCUT2D eigenvalue weighted by Crippen LogP contribution is -3.10. The van der Waals surface area contributed by atoms with Gasteiger partial charge in [-0.1, -0.05) is 92.6 Å². The fourth-order valence-electron chi connectivity index (χ4n) is 6.57. The van der Waals surface area contributed by atoms with Gasteiger partial charge in [-0.15, -0.1) is 0 Å². The van der Waals surface area contributed by atoms with E-state index in [0.717, 1.165) is 26.1 Å². The zero-order valence-electron chi connectivity index (χ0n) is 19.4. The fourth-order valence-corrected chi connectivity index (χ4v) is 6.57. The van der Waals surface area contributed by atoms with E-state index in [1.54, 1.807) is 5.57 Å². The van der Waals surface area contributed by atoms with Crippen LogP contribution in [0.3, 0.4) is 0 Å². The predicted octanol–water partition coefficient (Wildman–Crippen LogP) is 4.59. The molecule has 1 aliphatic heterocycles. The standard InChI is InChI=1S/C29H35NO2/c1-21-10-9-15-29(2)17-27-24(16-26(21)29)25(28(31)32-27)20-30(18-22-11-5-3-6-12-22)19-23-13-7-4-8-14-23/h3-8,11-14,16,21,24-25,27H,9-10,15,17-20H2,1-2H3/p+1/t21-,24+,25-,27+,29+/m0/s1. The van der Waals surface area contributed by atoms with E-state index in [4.69, 9.17) is 4.74 Å². The highest BCUT2D eigenvalue weighted by atomic mass is 16.6. The predicted molar refractivity (Wildman–Crippen MR) is 127 cm³/mol. The highest BCUT2D eigenvalue weighted by Crippen LogP contribution is 2.53. The number of nitrogens with one attached hydrogen (secondary N) is 1. The maximum Gasteiger partial charge on any atom is 0.315 e. The minimum atomic E-state index is -0.0476. The molecule has 3 nitrogen and oxygen atoms in total. The fraction of sp³-hybridized carbons (Fsp3) is 0.483. The van der Waals surface area contributed by atoms with Crippen LogP contribution in [0.25, 0.3) is 0 Å². The van der Waals surface area contributed by atoms with Gasteiger partial charge < -0.3 is 9.64 Å². The summed E-state index contributed by atoms with van der Waals surface area (Å²) in [4.78, 5) is 14.5. The average molecular weight is 431 g/mol. The van der Waals surface area contributed by atoms with Gasteiger partial charge in [-0.2, -0.15) is 0 Å². The van der Waals surface area contributed by atoms with Crippen LogP contribution in [0.2, 0.25) is 0 Å². The Hall–Kier alpha value is -2.39. The second-order valence-corrected chi connectivity index (χ2v) is 10.6. The van der Waals surface area contributed by atoms with E-state index in [0.29, 0.717) is 5.92 Å². The maximum absolute atomic E-state index is 13.1. The van der Waals surface area contributed by atoms with Crippen molar-refractivity contribution in [3.05, 3.63) is 83.4 Å². The maximum atomic E-state index is 13.1. The number of carbonyl (C=O) groups excluding carboxylic acids is 1. The Morgan fingerprint density at radius 2 is 1.62 bits per heavy atom. The molecule has 0 radical (unpaired) electrons. The third-order valence-electron chi connectivity index (χ3n) is 8.18. The van der Waals surface area contributed by atoms with Gasteiger partial charge in [0.1, 0.15) is 25.1 Å². The summed E-state index contributed by atoms with van der Waals surface area (Å²) in [6.45, 7) is 7.43. The molecule has 1 saturated heterocycles. The number of carbonyl (C=O) groups is 1. The first-order valence-corrected chi connectivity index (χ1v) is 12.4. The summed E-state index contributed by atoms with van der Waals surface area (Å²) < 4.78 is 6.03. The molecule has 3 aliphatic rings. The van der Waals surface area contributed by atoms with E-state index < -0.39 is 0 Å². The molecule has 2 aliphatic carbocycles. The second-order valence-electron chi connectivity index (χ2n) is 10.6. The molecule has 2 aromatic carbocycles. The number of fused-ring (bicyclic) bond motifs is 2. The molecule has 168 valence electrons. The number of ether oxygens (including phenoxy) is 1. The summed E-state index contributed by atoms with van der Waals surface area (Å²) in [5.41, 5.74) is 4.45. The molecule has 0 amide bonds. The van der Waals surface area contributed by atoms with E-state index in [1.807, 2.05) is 0 Å². The molecule has 1 heterocycles. The molecule has 2 aromatic rings. The quantitative estimate of drug-likeness (QED) is 0.537. The molecule has 0 bridgehead atoms. The Kier molecular flexibility index (Phi) is 5.94. The monoisotopic (exact) mass is 430 g/mol. The molecule has 1 N–H and O–H groups in total. The highest BCUT2D eigenvalue weighted by Gasteiger charge is 2.52. The van der Waals surface area contributed by atoms with Gasteiger partial charge in [-0.25, -0.2) is 0 Å². The van der Waals surface area contributed by atoms with Gasteiger partial charge in [0, 0.05) is 17.0 Å². The Bertz CT molecular complexity index is 928. The van der Waals surface area contributed by atoms with E-state index in [1.165, 1.54) is 35.3 Å². The number of esters is 1. The van der Waals surface area contributed by atoms with Crippen LogP contribution >= 0.6 is 0 Å². The van der Waals surface area contributed by atoms with Crippen molar-refractivity contribution < 1.29 is 14.4 Å². The summed E-state index contributed by atoms with van der Waals surface area (Å²) in [6.07, 6.45) is 7.34. The largest absolute Gasteiger partial charge is 0.461 e. The van der Waals surface area contributed by atoms with Gasteiger partial charge in [-0.05, 0) is 30.6 Å². The van der Waals surface area contributed by atoms with Crippen molar-refractivity contribution in [2.24, 2.45) is 23.2 Å². The van der Waals surface area contributed by atoms with E-state index in [9.17, 15) is 4.79 Å². The molecular weight excluding hydrogens is 394 g/mol. The minimum Gasteiger partial charge on any atom is -0.461 e. The third-order valence-corrected chi connectivity index (χ3v) is 8.18. The molecule has 3 heteroatoms. The SMILES string of the molecule is C[C@H]1CCC[C@]2(C)C[C@H]3OC(=O)[C@@H](C[NH+](Cc4ccccc4)Cc4ccccc4)[C@H]3C=C12. The van der Waals surface area contributed by atoms with Crippen molar-refractivity contribution in [2.75, 3.05) is 6.54 Å². The van der Waals surface area contributed by atoms with Crippen LogP contribution in [-0.4, -0.2) is 18.6 Å². The Balaban J connectivity index is 1.40. The molecule has 32 heavy (non-hydrogen) atoms. The summed E-state index contributed by atoms with van der Waals surface area (Å²) in [6, 6.07) is 21.3. The first kappa shape index (κ1) is 21.5. The van der Waals surface area contributed by atoms with Gasteiger partial charge in [0.15, 0.2) is 0 Å².